The van der Waals surface area contributed by atoms with E-state index in [0.29, 0.717) is 10.7 Å². The standard InChI is InChI=1S/C11H15ClN2O2S/c12-11-2-1-9(6-14-11)7-17(15,16)8-10-3-4-13-5-10/h1-2,6,10,13H,3-5,7-8H2/t10-/m1/s1. The highest BCUT2D eigenvalue weighted by atomic mass is 35.5. The molecule has 0 aromatic carbocycles. The van der Waals surface area contributed by atoms with Gasteiger partial charge in [-0.2, -0.15) is 0 Å². The second-order valence-corrected chi connectivity index (χ2v) is 6.90. The molecule has 1 aromatic rings. The SMILES string of the molecule is O=S(=O)(Cc1ccc(Cl)nc1)C[C@@H]1CCNC1. The molecule has 1 aliphatic rings. The molecule has 0 spiro atoms. The van der Waals surface area contributed by atoms with Crippen LogP contribution in [0.25, 0.3) is 0 Å². The van der Waals surface area contributed by atoms with Gasteiger partial charge in [0.2, 0.25) is 0 Å². The lowest BCUT2D eigenvalue weighted by molar-refractivity contribution is 0.569. The van der Waals surface area contributed by atoms with Crippen molar-refractivity contribution >= 4 is 21.4 Å². The van der Waals surface area contributed by atoms with Gasteiger partial charge in [-0.15, -0.1) is 0 Å². The Hall–Kier alpha value is -0.650. The van der Waals surface area contributed by atoms with E-state index in [1.165, 1.54) is 6.20 Å². The molecule has 0 unspecified atom stereocenters. The molecule has 0 bridgehead atoms. The van der Waals surface area contributed by atoms with E-state index in [1.54, 1.807) is 12.1 Å². The molecule has 1 fully saturated rings. The maximum Gasteiger partial charge on any atom is 0.154 e. The number of pyridine rings is 1. The van der Waals surface area contributed by atoms with Crippen molar-refractivity contribution in [2.24, 2.45) is 5.92 Å². The molecule has 17 heavy (non-hydrogen) atoms. The van der Waals surface area contributed by atoms with E-state index in [1.807, 2.05) is 0 Å². The van der Waals surface area contributed by atoms with Crippen LogP contribution in [0, 0.1) is 5.92 Å². The number of hydrogen-bond donors (Lipinski definition) is 1. The fourth-order valence-corrected chi connectivity index (χ4v) is 3.93. The van der Waals surface area contributed by atoms with E-state index < -0.39 is 9.84 Å². The molecule has 4 nitrogen and oxygen atoms in total. The summed E-state index contributed by atoms with van der Waals surface area (Å²) in [7, 11) is -3.05. The van der Waals surface area contributed by atoms with Gasteiger partial charge >= 0.3 is 0 Å². The molecule has 0 radical (unpaired) electrons. The maximum atomic E-state index is 12.0. The first-order chi connectivity index (χ1) is 8.05. The molecule has 0 saturated carbocycles. The highest BCUT2D eigenvalue weighted by Crippen LogP contribution is 2.15. The Balaban J connectivity index is 1.98. The van der Waals surface area contributed by atoms with Crippen molar-refractivity contribution in [2.75, 3.05) is 18.8 Å². The van der Waals surface area contributed by atoms with Gasteiger partial charge in [0, 0.05) is 6.20 Å². The van der Waals surface area contributed by atoms with E-state index >= 15 is 0 Å². The predicted octanol–water partition coefficient (Wildman–Crippen LogP) is 1.26. The monoisotopic (exact) mass is 274 g/mol. The fraction of sp³-hybridized carbons (Fsp3) is 0.545. The third kappa shape index (κ3) is 3.94. The van der Waals surface area contributed by atoms with Gasteiger partial charge < -0.3 is 5.32 Å². The zero-order valence-corrected chi connectivity index (χ0v) is 11.0. The first kappa shape index (κ1) is 12.8. The van der Waals surface area contributed by atoms with Gasteiger partial charge in [-0.05, 0) is 37.1 Å². The lowest BCUT2D eigenvalue weighted by atomic mass is 10.2. The molecular weight excluding hydrogens is 260 g/mol. The van der Waals surface area contributed by atoms with Gasteiger partial charge in [0.05, 0.1) is 11.5 Å². The largest absolute Gasteiger partial charge is 0.316 e. The Bertz CT molecular complexity index is 467. The van der Waals surface area contributed by atoms with Gasteiger partial charge in [-0.3, -0.25) is 0 Å². The van der Waals surface area contributed by atoms with Crippen LogP contribution >= 0.6 is 11.6 Å². The molecule has 1 aliphatic heterocycles. The highest BCUT2D eigenvalue weighted by Gasteiger charge is 2.22. The van der Waals surface area contributed by atoms with Crippen molar-refractivity contribution in [1.82, 2.24) is 10.3 Å². The van der Waals surface area contributed by atoms with E-state index in [4.69, 9.17) is 11.6 Å². The lowest BCUT2D eigenvalue weighted by Gasteiger charge is -2.09. The Morgan fingerprint density at radius 3 is 2.88 bits per heavy atom. The molecular formula is C11H15ClN2O2S. The number of nitrogens with zero attached hydrogens (tertiary/aromatic N) is 1. The summed E-state index contributed by atoms with van der Waals surface area (Å²) in [6.45, 7) is 1.72. The summed E-state index contributed by atoms with van der Waals surface area (Å²) in [6.07, 6.45) is 2.46. The van der Waals surface area contributed by atoms with Crippen LogP contribution in [0.2, 0.25) is 5.15 Å². The van der Waals surface area contributed by atoms with E-state index in [0.717, 1.165) is 19.5 Å². The molecule has 0 aliphatic carbocycles. The molecule has 1 atom stereocenters. The Morgan fingerprint density at radius 2 is 2.29 bits per heavy atom. The zero-order valence-electron chi connectivity index (χ0n) is 9.39. The molecule has 2 heterocycles. The highest BCUT2D eigenvalue weighted by molar-refractivity contribution is 7.90. The van der Waals surface area contributed by atoms with Gasteiger partial charge in [0.25, 0.3) is 0 Å². The molecule has 1 saturated heterocycles. The summed E-state index contributed by atoms with van der Waals surface area (Å²) in [4.78, 5) is 3.88. The topological polar surface area (TPSA) is 59.1 Å². The number of nitrogens with one attached hydrogen (secondary N) is 1. The molecule has 6 heteroatoms. The van der Waals surface area contributed by atoms with Crippen LogP contribution in [-0.4, -0.2) is 32.2 Å². The number of halogens is 1. The number of aromatic nitrogens is 1. The summed E-state index contributed by atoms with van der Waals surface area (Å²) < 4.78 is 23.9. The first-order valence-electron chi connectivity index (χ1n) is 5.57. The average molecular weight is 275 g/mol. The van der Waals surface area contributed by atoms with Crippen molar-refractivity contribution in [3.8, 4) is 0 Å². The minimum Gasteiger partial charge on any atom is -0.316 e. The molecule has 2 rings (SSSR count). The van der Waals surface area contributed by atoms with Gasteiger partial charge in [-0.1, -0.05) is 17.7 Å². The van der Waals surface area contributed by atoms with Gasteiger partial charge in [0.15, 0.2) is 9.84 Å². The smallest absolute Gasteiger partial charge is 0.154 e. The van der Waals surface area contributed by atoms with Crippen molar-refractivity contribution in [2.45, 2.75) is 12.2 Å². The van der Waals surface area contributed by atoms with Gasteiger partial charge in [-0.25, -0.2) is 13.4 Å². The third-order valence-electron chi connectivity index (χ3n) is 2.83. The normalized spacial score (nSPS) is 20.6. The van der Waals surface area contributed by atoms with Crippen LogP contribution in [0.5, 0.6) is 0 Å². The third-order valence-corrected chi connectivity index (χ3v) is 4.80. The number of hydrogen-bond acceptors (Lipinski definition) is 4. The summed E-state index contributed by atoms with van der Waals surface area (Å²) in [5, 5.41) is 3.55. The summed E-state index contributed by atoms with van der Waals surface area (Å²) >= 11 is 5.65. The van der Waals surface area contributed by atoms with Crippen LogP contribution in [-0.2, 0) is 15.6 Å². The quantitative estimate of drug-likeness (QED) is 0.840. The molecule has 0 amide bonds. The van der Waals surface area contributed by atoms with Crippen molar-refractivity contribution in [1.29, 1.82) is 0 Å². The van der Waals surface area contributed by atoms with E-state index in [2.05, 4.69) is 10.3 Å². The predicted molar refractivity (Wildman–Crippen MR) is 67.7 cm³/mol. The van der Waals surface area contributed by atoms with Crippen molar-refractivity contribution < 1.29 is 8.42 Å². The van der Waals surface area contributed by atoms with Crippen molar-refractivity contribution in [3.63, 3.8) is 0 Å². The second-order valence-electron chi connectivity index (χ2n) is 4.40. The zero-order chi connectivity index (χ0) is 12.3. The van der Waals surface area contributed by atoms with Crippen LogP contribution < -0.4 is 5.32 Å². The summed E-state index contributed by atoms with van der Waals surface area (Å²) in [5.41, 5.74) is 0.695. The summed E-state index contributed by atoms with van der Waals surface area (Å²) in [6, 6.07) is 3.32. The minimum absolute atomic E-state index is 0.0493. The lowest BCUT2D eigenvalue weighted by Crippen LogP contribution is -2.20. The van der Waals surface area contributed by atoms with Crippen LogP contribution in [0.4, 0.5) is 0 Å². The minimum atomic E-state index is -3.05. The van der Waals surface area contributed by atoms with Crippen LogP contribution in [0.3, 0.4) is 0 Å². The Morgan fingerprint density at radius 1 is 1.47 bits per heavy atom. The first-order valence-corrected chi connectivity index (χ1v) is 7.77. The molecule has 94 valence electrons. The Kier molecular flexibility index (Phi) is 4.01. The van der Waals surface area contributed by atoms with Crippen LogP contribution in [0.15, 0.2) is 18.3 Å². The van der Waals surface area contributed by atoms with Crippen molar-refractivity contribution in [3.05, 3.63) is 29.0 Å². The van der Waals surface area contributed by atoms with E-state index in [9.17, 15) is 8.42 Å². The molecule has 1 N–H and O–H groups in total. The van der Waals surface area contributed by atoms with E-state index in [-0.39, 0.29) is 17.4 Å². The van der Waals surface area contributed by atoms with Crippen LogP contribution in [0.1, 0.15) is 12.0 Å². The average Bonchev–Trinajstić information content (AvgIpc) is 2.73. The number of sulfone groups is 1. The van der Waals surface area contributed by atoms with Gasteiger partial charge in [0.1, 0.15) is 5.15 Å². The molecule has 1 aromatic heterocycles. The summed E-state index contributed by atoms with van der Waals surface area (Å²) in [5.74, 6) is 0.552. The number of rotatable bonds is 4. The Labute approximate surface area is 106 Å². The second kappa shape index (κ2) is 5.33. The fourth-order valence-electron chi connectivity index (χ4n) is 2.02. The maximum absolute atomic E-state index is 12.0.